The van der Waals surface area contributed by atoms with Crippen LogP contribution < -0.4 is 9.80 Å². The Morgan fingerprint density at radius 3 is 0.786 bits per heavy atom. The van der Waals surface area contributed by atoms with Crippen LogP contribution in [0.1, 0.15) is 0 Å². The van der Waals surface area contributed by atoms with E-state index in [1.807, 2.05) is 0 Å². The van der Waals surface area contributed by atoms with E-state index in [4.69, 9.17) is 0 Å². The van der Waals surface area contributed by atoms with E-state index in [0.717, 1.165) is 45.3 Å². The molecule has 0 N–H and O–H groups in total. The lowest BCUT2D eigenvalue weighted by molar-refractivity contribution is 1.29. The normalized spacial score (nSPS) is 11.1. The second-order valence-electron chi connectivity index (χ2n) is 17.7. The van der Waals surface area contributed by atoms with Gasteiger partial charge in [0.2, 0.25) is 0 Å². The largest absolute Gasteiger partial charge is 0.310 e. The van der Waals surface area contributed by atoms with Crippen molar-refractivity contribution in [1.82, 2.24) is 0 Å². The monoisotopic (exact) mass is 892 g/mol. The van der Waals surface area contributed by atoms with Crippen LogP contribution in [0.3, 0.4) is 0 Å². The molecule has 0 aliphatic rings. The van der Waals surface area contributed by atoms with Crippen LogP contribution in [0, 0.1) is 0 Å². The molecule has 0 aliphatic heterocycles. The summed E-state index contributed by atoms with van der Waals surface area (Å²) in [6, 6.07) is 105. The Labute approximate surface area is 410 Å². The Balaban J connectivity index is 0.861. The van der Waals surface area contributed by atoms with E-state index in [0.29, 0.717) is 0 Å². The zero-order chi connectivity index (χ0) is 46.6. The van der Waals surface area contributed by atoms with Gasteiger partial charge in [-0.05, 0) is 133 Å². The van der Waals surface area contributed by atoms with Gasteiger partial charge in [-0.15, -0.1) is 0 Å². The predicted molar refractivity (Wildman–Crippen MR) is 298 cm³/mol. The molecule has 0 heterocycles. The number of rotatable bonds is 11. The third-order valence-electron chi connectivity index (χ3n) is 13.5. The molecule has 0 radical (unpaired) electrons. The Kier molecular flexibility index (Phi) is 11.3. The molecule has 0 atom stereocenters. The van der Waals surface area contributed by atoms with E-state index >= 15 is 0 Å². The molecule has 330 valence electrons. The van der Waals surface area contributed by atoms with Crippen LogP contribution >= 0.6 is 0 Å². The predicted octanol–water partition coefficient (Wildman–Crippen LogP) is 19.3. The molecule has 12 aromatic carbocycles. The minimum absolute atomic E-state index is 1.09. The number of hydrogen-bond acceptors (Lipinski definition) is 2. The van der Waals surface area contributed by atoms with Crippen molar-refractivity contribution in [3.63, 3.8) is 0 Å². The summed E-state index contributed by atoms with van der Waals surface area (Å²) < 4.78 is 0. The molecule has 0 amide bonds. The SMILES string of the molecule is c1ccc(-c2ccc(-c3ccc(N(c4ccc(-c5ccc(N(c6ccc(-c7cccc(-c8ccccc8)c7)cc6)c6cccc7ccccc67)cc5)cc4)c4cccc5ccccc45)cc3)cc2)cc1. The summed E-state index contributed by atoms with van der Waals surface area (Å²) in [5, 5.41) is 4.82. The molecule has 0 saturated carbocycles. The van der Waals surface area contributed by atoms with Gasteiger partial charge in [-0.3, -0.25) is 0 Å². The number of benzene rings is 12. The van der Waals surface area contributed by atoms with Gasteiger partial charge < -0.3 is 9.80 Å². The van der Waals surface area contributed by atoms with Gasteiger partial charge in [-0.1, -0.05) is 224 Å². The molecule has 0 bridgehead atoms. The van der Waals surface area contributed by atoms with Crippen molar-refractivity contribution in [2.24, 2.45) is 0 Å². The van der Waals surface area contributed by atoms with Gasteiger partial charge in [-0.2, -0.15) is 0 Å². The van der Waals surface area contributed by atoms with Crippen LogP contribution in [0.15, 0.2) is 291 Å². The van der Waals surface area contributed by atoms with Crippen molar-refractivity contribution in [3.8, 4) is 55.6 Å². The average molecular weight is 893 g/mol. The Morgan fingerprint density at radius 2 is 0.414 bits per heavy atom. The highest BCUT2D eigenvalue weighted by atomic mass is 15.1. The van der Waals surface area contributed by atoms with E-state index in [1.54, 1.807) is 0 Å². The first-order valence-electron chi connectivity index (χ1n) is 24.0. The minimum Gasteiger partial charge on any atom is -0.310 e. The molecule has 2 nitrogen and oxygen atoms in total. The van der Waals surface area contributed by atoms with Gasteiger partial charge in [0.05, 0.1) is 11.4 Å². The average Bonchev–Trinajstić information content (AvgIpc) is 3.45. The summed E-state index contributed by atoms with van der Waals surface area (Å²) in [4.78, 5) is 4.76. The number of hydrogen-bond donors (Lipinski definition) is 0. The summed E-state index contributed by atoms with van der Waals surface area (Å²) in [6.45, 7) is 0. The molecule has 12 rings (SSSR count). The lowest BCUT2D eigenvalue weighted by Gasteiger charge is -2.28. The van der Waals surface area contributed by atoms with Crippen LogP contribution in [0.4, 0.5) is 34.1 Å². The molecule has 0 fully saturated rings. The topological polar surface area (TPSA) is 6.48 Å². The summed E-state index contributed by atoms with van der Waals surface area (Å²) in [5.41, 5.74) is 18.6. The summed E-state index contributed by atoms with van der Waals surface area (Å²) in [7, 11) is 0. The van der Waals surface area contributed by atoms with Gasteiger partial charge in [0.25, 0.3) is 0 Å². The lowest BCUT2D eigenvalue weighted by Crippen LogP contribution is -2.10. The second kappa shape index (κ2) is 18.8. The third-order valence-corrected chi connectivity index (χ3v) is 13.5. The van der Waals surface area contributed by atoms with Crippen molar-refractivity contribution < 1.29 is 0 Å². The first-order chi connectivity index (χ1) is 34.7. The Hall–Kier alpha value is -9.24. The highest BCUT2D eigenvalue weighted by Gasteiger charge is 2.18. The quantitative estimate of drug-likeness (QED) is 0.128. The van der Waals surface area contributed by atoms with Gasteiger partial charge in [0, 0.05) is 33.5 Å². The molecule has 70 heavy (non-hydrogen) atoms. The minimum atomic E-state index is 1.09. The second-order valence-corrected chi connectivity index (χ2v) is 17.7. The first kappa shape index (κ1) is 42.1. The summed E-state index contributed by atoms with van der Waals surface area (Å²) in [6.07, 6.45) is 0. The van der Waals surface area contributed by atoms with E-state index in [-0.39, 0.29) is 0 Å². The molecule has 0 unspecified atom stereocenters. The lowest BCUT2D eigenvalue weighted by atomic mass is 9.98. The molecule has 12 aromatic rings. The smallest absolute Gasteiger partial charge is 0.0540 e. The van der Waals surface area contributed by atoms with Gasteiger partial charge >= 0.3 is 0 Å². The maximum Gasteiger partial charge on any atom is 0.0540 e. The van der Waals surface area contributed by atoms with Crippen LogP contribution in [0.2, 0.25) is 0 Å². The highest BCUT2D eigenvalue weighted by Crippen LogP contribution is 2.43. The molecular formula is C68H48N2. The zero-order valence-corrected chi connectivity index (χ0v) is 38.6. The fourth-order valence-electron chi connectivity index (χ4n) is 9.87. The number of anilines is 6. The molecule has 0 spiro atoms. The Bertz CT molecular complexity index is 3700. The fourth-order valence-corrected chi connectivity index (χ4v) is 9.87. The highest BCUT2D eigenvalue weighted by molar-refractivity contribution is 6.00. The maximum atomic E-state index is 2.38. The summed E-state index contributed by atoms with van der Waals surface area (Å²) in [5.74, 6) is 0. The van der Waals surface area contributed by atoms with E-state index in [1.165, 1.54) is 66.1 Å². The van der Waals surface area contributed by atoms with Gasteiger partial charge in [0.1, 0.15) is 0 Å². The van der Waals surface area contributed by atoms with Crippen LogP contribution in [0.5, 0.6) is 0 Å². The third kappa shape index (κ3) is 8.40. The van der Waals surface area contributed by atoms with Crippen LogP contribution in [0.25, 0.3) is 77.2 Å². The zero-order valence-electron chi connectivity index (χ0n) is 38.6. The van der Waals surface area contributed by atoms with Crippen LogP contribution in [-0.2, 0) is 0 Å². The number of nitrogens with zero attached hydrogens (tertiary/aromatic N) is 2. The maximum absolute atomic E-state index is 2.38. The van der Waals surface area contributed by atoms with Crippen molar-refractivity contribution >= 4 is 55.7 Å². The van der Waals surface area contributed by atoms with Crippen LogP contribution in [-0.4, -0.2) is 0 Å². The van der Waals surface area contributed by atoms with Gasteiger partial charge in [-0.25, -0.2) is 0 Å². The molecule has 0 saturated heterocycles. The van der Waals surface area contributed by atoms with E-state index in [9.17, 15) is 0 Å². The molecular weight excluding hydrogens is 845 g/mol. The van der Waals surface area contributed by atoms with E-state index in [2.05, 4.69) is 301 Å². The van der Waals surface area contributed by atoms with Crippen molar-refractivity contribution in [2.75, 3.05) is 9.80 Å². The number of fused-ring (bicyclic) bond motifs is 2. The van der Waals surface area contributed by atoms with Gasteiger partial charge in [0.15, 0.2) is 0 Å². The first-order valence-corrected chi connectivity index (χ1v) is 24.0. The van der Waals surface area contributed by atoms with Crippen molar-refractivity contribution in [2.45, 2.75) is 0 Å². The summed E-state index contributed by atoms with van der Waals surface area (Å²) >= 11 is 0. The molecule has 2 heteroatoms. The molecule has 0 aromatic heterocycles. The fraction of sp³-hybridized carbons (Fsp3) is 0. The van der Waals surface area contributed by atoms with Crippen molar-refractivity contribution in [1.29, 1.82) is 0 Å². The molecule has 0 aliphatic carbocycles. The standard InChI is InChI=1S/C68H48N2/c1-3-14-49(15-4-1)51-28-30-52(31-29-51)53-32-40-61(41-33-53)69(67-26-12-20-57-18-7-9-24-65(57)67)62-42-34-54(35-43-62)55-36-44-63(45-37-55)70(68-27-13-21-58-19-8-10-25-66(58)68)64-46-38-56(39-47-64)60-23-11-22-59(48-60)50-16-5-2-6-17-50/h1-48H. The van der Waals surface area contributed by atoms with Crippen molar-refractivity contribution in [3.05, 3.63) is 291 Å². The van der Waals surface area contributed by atoms with E-state index < -0.39 is 0 Å². The Morgan fingerprint density at radius 1 is 0.171 bits per heavy atom.